The highest BCUT2D eigenvalue weighted by atomic mass is 127. The Morgan fingerprint density at radius 2 is 1.82 bits per heavy atom. The van der Waals surface area contributed by atoms with Crippen molar-refractivity contribution < 1.29 is 33.7 Å². The van der Waals surface area contributed by atoms with Crippen LogP contribution in [-0.4, -0.2) is 58.3 Å². The monoisotopic (exact) mass is 647 g/mol. The van der Waals surface area contributed by atoms with E-state index in [1.807, 2.05) is 28.7 Å². The maximum Gasteiger partial charge on any atom is 0.325 e. The van der Waals surface area contributed by atoms with Crippen LogP contribution in [0.25, 0.3) is 0 Å². The van der Waals surface area contributed by atoms with Gasteiger partial charge in [0.05, 0.1) is 12.3 Å². The average molecular weight is 647 g/mol. The number of anilines is 1. The number of rotatable bonds is 10. The molecule has 4 amide bonds. The molecule has 0 aliphatic carbocycles. The van der Waals surface area contributed by atoms with Gasteiger partial charge in [-0.2, -0.15) is 0 Å². The number of hydrogen-bond donors (Lipinski definition) is 4. The lowest BCUT2D eigenvalue weighted by Crippen LogP contribution is -2.50. The zero-order chi connectivity index (χ0) is 28.1. The molecule has 0 aromatic heterocycles. The Morgan fingerprint density at radius 1 is 1.13 bits per heavy atom. The summed E-state index contributed by atoms with van der Waals surface area (Å²) in [5.41, 5.74) is 1.12. The minimum absolute atomic E-state index is 0.0591. The van der Waals surface area contributed by atoms with Crippen molar-refractivity contribution in [2.24, 2.45) is 0 Å². The number of halogens is 2. The van der Waals surface area contributed by atoms with E-state index in [1.165, 1.54) is 12.1 Å². The van der Waals surface area contributed by atoms with E-state index < -0.39 is 54.4 Å². The summed E-state index contributed by atoms with van der Waals surface area (Å²) in [7, 11) is 0. The third-order valence-electron chi connectivity index (χ3n) is 6.37. The van der Waals surface area contributed by atoms with Gasteiger partial charge >= 0.3 is 6.03 Å². The van der Waals surface area contributed by atoms with Crippen molar-refractivity contribution in [3.63, 3.8) is 0 Å². The molecule has 1 saturated heterocycles. The molecule has 4 rings (SSSR count). The number of urea groups is 1. The molecule has 3 aromatic rings. The van der Waals surface area contributed by atoms with Gasteiger partial charge in [0.2, 0.25) is 5.91 Å². The number of carbonyl (C=O) groups is 3. The molecule has 1 aliphatic rings. The highest BCUT2D eigenvalue weighted by Gasteiger charge is 2.47. The molecule has 3 aromatic carbocycles. The van der Waals surface area contributed by atoms with Crippen molar-refractivity contribution in [2.75, 3.05) is 18.5 Å². The van der Waals surface area contributed by atoms with Crippen LogP contribution in [0.2, 0.25) is 0 Å². The number of aliphatic hydroxyl groups is 2. The highest BCUT2D eigenvalue weighted by molar-refractivity contribution is 14.1. The smallest absolute Gasteiger partial charge is 0.325 e. The fourth-order valence-electron chi connectivity index (χ4n) is 4.29. The second kappa shape index (κ2) is 12.5. The summed E-state index contributed by atoms with van der Waals surface area (Å²) in [5, 5.41) is 23.6. The number of benzene rings is 3. The van der Waals surface area contributed by atoms with E-state index in [0.29, 0.717) is 14.9 Å². The van der Waals surface area contributed by atoms with E-state index in [9.17, 15) is 23.9 Å². The standard InChI is InChI=1S/C28H27FIN3O6/c1-16(17-5-3-2-4-6-17)25(26(36)31-23-12-9-19(30)13-22(23)29)33-27(37)24(32-28(33)38)18-7-10-21(11-8-18)39-15-20(35)14-34/h2-13,16,20,24-25,34-35H,14-15H2,1H3,(H,31,36)(H,32,38)/t16-,20+,24-,25?/m0/s1. The van der Waals surface area contributed by atoms with Crippen LogP contribution in [0.15, 0.2) is 72.8 Å². The molecule has 1 unspecified atom stereocenters. The number of amides is 4. The lowest BCUT2D eigenvalue weighted by atomic mass is 9.91. The van der Waals surface area contributed by atoms with Crippen LogP contribution in [0.4, 0.5) is 14.9 Å². The molecule has 4 atom stereocenters. The van der Waals surface area contributed by atoms with Crippen molar-refractivity contribution in [2.45, 2.75) is 31.0 Å². The lowest BCUT2D eigenvalue weighted by molar-refractivity contribution is -0.134. The molecule has 0 bridgehead atoms. The van der Waals surface area contributed by atoms with Gasteiger partial charge < -0.3 is 25.6 Å². The van der Waals surface area contributed by atoms with Crippen LogP contribution >= 0.6 is 22.6 Å². The summed E-state index contributed by atoms with van der Waals surface area (Å²) in [6.07, 6.45) is -1.03. The van der Waals surface area contributed by atoms with Gasteiger partial charge in [0, 0.05) is 9.49 Å². The van der Waals surface area contributed by atoms with Crippen LogP contribution in [0.1, 0.15) is 30.0 Å². The Morgan fingerprint density at radius 3 is 2.46 bits per heavy atom. The number of hydrogen-bond acceptors (Lipinski definition) is 6. The van der Waals surface area contributed by atoms with Gasteiger partial charge in [0.1, 0.15) is 36.4 Å². The number of nitrogens with one attached hydrogen (secondary N) is 2. The van der Waals surface area contributed by atoms with Gasteiger partial charge in [-0.25, -0.2) is 14.1 Å². The highest BCUT2D eigenvalue weighted by Crippen LogP contribution is 2.32. The first-order valence-electron chi connectivity index (χ1n) is 12.2. The first-order valence-corrected chi connectivity index (χ1v) is 13.2. The van der Waals surface area contributed by atoms with E-state index in [2.05, 4.69) is 10.6 Å². The van der Waals surface area contributed by atoms with Crippen LogP contribution < -0.4 is 15.4 Å². The van der Waals surface area contributed by atoms with Gasteiger partial charge in [0.15, 0.2) is 0 Å². The normalized spacial score (nSPS) is 17.4. The fraction of sp³-hybridized carbons (Fsp3) is 0.250. The van der Waals surface area contributed by atoms with Crippen molar-refractivity contribution in [1.29, 1.82) is 0 Å². The van der Waals surface area contributed by atoms with Gasteiger partial charge in [0.25, 0.3) is 5.91 Å². The van der Waals surface area contributed by atoms with E-state index in [0.717, 1.165) is 10.5 Å². The SMILES string of the molecule is C[C@@H](c1ccccc1)C(C(=O)Nc1ccc(I)cc1F)N1C(=O)N[C@@H](c2ccc(OC[C@H](O)CO)cc2)C1=O. The molecule has 11 heteroatoms. The van der Waals surface area contributed by atoms with Crippen molar-refractivity contribution in [3.8, 4) is 5.75 Å². The quantitative estimate of drug-likeness (QED) is 0.197. The van der Waals surface area contributed by atoms with Gasteiger partial charge in [-0.15, -0.1) is 0 Å². The molecule has 9 nitrogen and oxygen atoms in total. The molecule has 0 radical (unpaired) electrons. The number of imide groups is 1. The Kier molecular flexibility index (Phi) is 9.15. The van der Waals surface area contributed by atoms with Gasteiger partial charge in [-0.3, -0.25) is 9.59 Å². The Bertz CT molecular complexity index is 1340. The molecule has 0 saturated carbocycles. The third kappa shape index (κ3) is 6.54. The number of carbonyl (C=O) groups excluding carboxylic acids is 3. The van der Waals surface area contributed by atoms with E-state index in [4.69, 9.17) is 9.84 Å². The Labute approximate surface area is 238 Å². The summed E-state index contributed by atoms with van der Waals surface area (Å²) < 4.78 is 20.6. The Hall–Kier alpha value is -3.55. The van der Waals surface area contributed by atoms with Crippen LogP contribution in [-0.2, 0) is 9.59 Å². The second-order valence-corrected chi connectivity index (χ2v) is 10.3. The zero-order valence-electron chi connectivity index (χ0n) is 20.9. The van der Waals surface area contributed by atoms with E-state index in [1.54, 1.807) is 61.5 Å². The first-order chi connectivity index (χ1) is 18.7. The second-order valence-electron chi connectivity index (χ2n) is 9.06. The molecule has 204 valence electrons. The maximum atomic E-state index is 14.5. The summed E-state index contributed by atoms with van der Waals surface area (Å²) in [5.74, 6) is -2.18. The van der Waals surface area contributed by atoms with E-state index >= 15 is 0 Å². The Balaban J connectivity index is 1.60. The average Bonchev–Trinajstić information content (AvgIpc) is 3.23. The fourth-order valence-corrected chi connectivity index (χ4v) is 4.74. The first kappa shape index (κ1) is 28.5. The summed E-state index contributed by atoms with van der Waals surface area (Å²) in [6, 6.07) is 16.5. The molecule has 1 fully saturated rings. The predicted molar refractivity (Wildman–Crippen MR) is 150 cm³/mol. The molecular weight excluding hydrogens is 620 g/mol. The number of ether oxygens (including phenoxy) is 1. The van der Waals surface area contributed by atoms with Crippen LogP contribution in [0, 0.1) is 9.39 Å². The predicted octanol–water partition coefficient (Wildman–Crippen LogP) is 3.57. The van der Waals surface area contributed by atoms with Crippen molar-refractivity contribution in [3.05, 3.63) is 93.3 Å². The molecule has 1 aliphatic heterocycles. The minimum Gasteiger partial charge on any atom is -0.491 e. The maximum absolute atomic E-state index is 14.5. The van der Waals surface area contributed by atoms with Gasteiger partial charge in [-0.1, -0.05) is 49.4 Å². The summed E-state index contributed by atoms with van der Waals surface area (Å²) >= 11 is 1.95. The summed E-state index contributed by atoms with van der Waals surface area (Å²) in [4.78, 5) is 41.2. The third-order valence-corrected chi connectivity index (χ3v) is 7.04. The van der Waals surface area contributed by atoms with E-state index in [-0.39, 0.29) is 12.3 Å². The van der Waals surface area contributed by atoms with Crippen LogP contribution in [0.5, 0.6) is 5.75 Å². The van der Waals surface area contributed by atoms with Crippen molar-refractivity contribution >= 4 is 46.1 Å². The largest absolute Gasteiger partial charge is 0.491 e. The number of nitrogens with zero attached hydrogens (tertiary/aromatic N) is 1. The minimum atomic E-state index is -1.27. The topological polar surface area (TPSA) is 128 Å². The van der Waals surface area contributed by atoms with Crippen LogP contribution in [0.3, 0.4) is 0 Å². The molecule has 4 N–H and O–H groups in total. The lowest BCUT2D eigenvalue weighted by Gasteiger charge is -2.30. The molecule has 39 heavy (non-hydrogen) atoms. The number of aliphatic hydroxyl groups excluding tert-OH is 2. The molecule has 0 spiro atoms. The molecule has 1 heterocycles. The zero-order valence-corrected chi connectivity index (χ0v) is 23.0. The van der Waals surface area contributed by atoms with Gasteiger partial charge in [-0.05, 0) is 64.0 Å². The molecular formula is C28H27FIN3O6. The van der Waals surface area contributed by atoms with Crippen molar-refractivity contribution in [1.82, 2.24) is 10.2 Å². The summed E-state index contributed by atoms with van der Waals surface area (Å²) in [6.45, 7) is 1.17.